The van der Waals surface area contributed by atoms with E-state index in [4.69, 9.17) is 11.6 Å². The number of amides is 1. The van der Waals surface area contributed by atoms with Crippen LogP contribution in [-0.2, 0) is 7.05 Å². The Hall–Kier alpha value is -1.81. The summed E-state index contributed by atoms with van der Waals surface area (Å²) in [4.78, 5) is 12.4. The number of halogens is 1. The molecule has 0 spiro atoms. The Morgan fingerprint density at radius 2 is 2.00 bits per heavy atom. The number of hydrogen-bond acceptors (Lipinski definition) is 2. The number of carbonyl (C=O) groups excluding carboxylic acids is 1. The Kier molecular flexibility index (Phi) is 4.45. The molecule has 0 aliphatic rings. The average molecular weight is 292 g/mol. The van der Waals surface area contributed by atoms with E-state index in [0.29, 0.717) is 11.4 Å². The summed E-state index contributed by atoms with van der Waals surface area (Å²) in [5.41, 5.74) is 3.19. The lowest BCUT2D eigenvalue weighted by Crippen LogP contribution is -2.30. The standard InChI is InChI=1S/C15H18ClN3O/c1-10-14(11(2)19(3)18-10)15(20)17-13(9-16)12-7-5-4-6-8-12/h4-8,13H,9H2,1-3H3,(H,17,20). The zero-order chi connectivity index (χ0) is 14.7. The molecule has 20 heavy (non-hydrogen) atoms. The van der Waals surface area contributed by atoms with Crippen molar-refractivity contribution in [3.8, 4) is 0 Å². The third-order valence-corrected chi connectivity index (χ3v) is 3.71. The van der Waals surface area contributed by atoms with Gasteiger partial charge in [0.1, 0.15) is 0 Å². The third kappa shape index (κ3) is 2.85. The lowest BCUT2D eigenvalue weighted by molar-refractivity contribution is 0.0939. The summed E-state index contributed by atoms with van der Waals surface area (Å²) in [6.45, 7) is 3.72. The molecular formula is C15H18ClN3O. The number of nitrogens with zero attached hydrogens (tertiary/aromatic N) is 2. The summed E-state index contributed by atoms with van der Waals surface area (Å²) in [5.74, 6) is 0.191. The highest BCUT2D eigenvalue weighted by Crippen LogP contribution is 2.17. The van der Waals surface area contributed by atoms with Gasteiger partial charge in [-0.1, -0.05) is 30.3 Å². The van der Waals surface area contributed by atoms with E-state index in [0.717, 1.165) is 17.0 Å². The van der Waals surface area contributed by atoms with Crippen LogP contribution in [0.4, 0.5) is 0 Å². The summed E-state index contributed by atoms with van der Waals surface area (Å²) >= 11 is 5.98. The Morgan fingerprint density at radius 3 is 2.50 bits per heavy atom. The Balaban J connectivity index is 2.22. The van der Waals surface area contributed by atoms with Crippen LogP contribution in [0.1, 0.15) is 33.4 Å². The van der Waals surface area contributed by atoms with Crippen LogP contribution >= 0.6 is 11.6 Å². The van der Waals surface area contributed by atoms with Crippen LogP contribution in [0.3, 0.4) is 0 Å². The molecule has 4 nitrogen and oxygen atoms in total. The van der Waals surface area contributed by atoms with Crippen LogP contribution < -0.4 is 5.32 Å². The van der Waals surface area contributed by atoms with Crippen LogP contribution in [0.25, 0.3) is 0 Å². The molecule has 1 aromatic carbocycles. The van der Waals surface area contributed by atoms with Crippen LogP contribution in [0.2, 0.25) is 0 Å². The summed E-state index contributed by atoms with van der Waals surface area (Å²) in [6.07, 6.45) is 0. The van der Waals surface area contributed by atoms with Gasteiger partial charge in [-0.3, -0.25) is 9.48 Å². The minimum Gasteiger partial charge on any atom is -0.344 e. The van der Waals surface area contributed by atoms with Gasteiger partial charge in [-0.25, -0.2) is 0 Å². The SMILES string of the molecule is Cc1nn(C)c(C)c1C(=O)NC(CCl)c1ccccc1. The molecule has 5 heteroatoms. The number of aryl methyl sites for hydroxylation is 2. The maximum absolute atomic E-state index is 12.4. The minimum atomic E-state index is -0.204. The lowest BCUT2D eigenvalue weighted by Gasteiger charge is -2.16. The van der Waals surface area contributed by atoms with E-state index in [1.807, 2.05) is 51.2 Å². The summed E-state index contributed by atoms with van der Waals surface area (Å²) < 4.78 is 1.71. The first-order valence-corrected chi connectivity index (χ1v) is 7.00. The molecule has 0 saturated heterocycles. The molecule has 0 aliphatic carbocycles. The number of rotatable bonds is 4. The van der Waals surface area contributed by atoms with Gasteiger partial charge >= 0.3 is 0 Å². The molecule has 0 fully saturated rings. The van der Waals surface area contributed by atoms with E-state index < -0.39 is 0 Å². The van der Waals surface area contributed by atoms with E-state index >= 15 is 0 Å². The maximum Gasteiger partial charge on any atom is 0.255 e. The molecular weight excluding hydrogens is 274 g/mol. The van der Waals surface area contributed by atoms with E-state index in [1.165, 1.54) is 0 Å². The van der Waals surface area contributed by atoms with Crippen molar-refractivity contribution in [2.45, 2.75) is 19.9 Å². The molecule has 1 aromatic heterocycles. The Labute approximate surface area is 123 Å². The van der Waals surface area contributed by atoms with Crippen molar-refractivity contribution in [3.05, 3.63) is 52.8 Å². The molecule has 0 aliphatic heterocycles. The van der Waals surface area contributed by atoms with Crippen molar-refractivity contribution >= 4 is 17.5 Å². The number of carbonyl (C=O) groups is 1. The van der Waals surface area contributed by atoms with Gasteiger partial charge in [-0.05, 0) is 19.4 Å². The second-order valence-corrected chi connectivity index (χ2v) is 5.07. The second kappa shape index (κ2) is 6.09. The number of nitrogens with one attached hydrogen (secondary N) is 1. The first kappa shape index (κ1) is 14.6. The van der Waals surface area contributed by atoms with E-state index in [9.17, 15) is 4.79 Å². The van der Waals surface area contributed by atoms with Crippen molar-refractivity contribution in [2.75, 3.05) is 5.88 Å². The zero-order valence-corrected chi connectivity index (χ0v) is 12.6. The molecule has 1 unspecified atom stereocenters. The van der Waals surface area contributed by atoms with Gasteiger partial charge in [0.15, 0.2) is 0 Å². The van der Waals surface area contributed by atoms with Crippen molar-refractivity contribution in [1.82, 2.24) is 15.1 Å². The molecule has 106 valence electrons. The predicted molar refractivity (Wildman–Crippen MR) is 80.1 cm³/mol. The third-order valence-electron chi connectivity index (χ3n) is 3.40. The van der Waals surface area contributed by atoms with E-state index in [2.05, 4.69) is 10.4 Å². The molecule has 0 saturated carbocycles. The summed E-state index contributed by atoms with van der Waals surface area (Å²) in [5, 5.41) is 7.23. The highest BCUT2D eigenvalue weighted by Gasteiger charge is 2.20. The maximum atomic E-state index is 12.4. The fraction of sp³-hybridized carbons (Fsp3) is 0.333. The monoisotopic (exact) mass is 291 g/mol. The molecule has 2 rings (SSSR count). The van der Waals surface area contributed by atoms with Crippen LogP contribution in [0.15, 0.2) is 30.3 Å². The fourth-order valence-corrected chi connectivity index (χ4v) is 2.48. The zero-order valence-electron chi connectivity index (χ0n) is 11.9. The number of benzene rings is 1. The Bertz CT molecular complexity index is 607. The van der Waals surface area contributed by atoms with Crippen molar-refractivity contribution in [2.24, 2.45) is 7.05 Å². The number of hydrogen-bond donors (Lipinski definition) is 1. The van der Waals surface area contributed by atoms with Gasteiger partial charge in [-0.2, -0.15) is 5.10 Å². The van der Waals surface area contributed by atoms with Crippen molar-refractivity contribution in [1.29, 1.82) is 0 Å². The topological polar surface area (TPSA) is 46.9 Å². The van der Waals surface area contributed by atoms with E-state index in [-0.39, 0.29) is 11.9 Å². The molecule has 1 atom stereocenters. The van der Waals surface area contributed by atoms with Crippen LogP contribution in [-0.4, -0.2) is 21.6 Å². The molecule has 2 aromatic rings. The number of aromatic nitrogens is 2. The largest absolute Gasteiger partial charge is 0.344 e. The molecule has 0 radical (unpaired) electrons. The normalized spacial score (nSPS) is 12.2. The molecule has 1 heterocycles. The summed E-state index contributed by atoms with van der Waals surface area (Å²) in [7, 11) is 1.83. The van der Waals surface area contributed by atoms with Gasteiger partial charge in [0.2, 0.25) is 0 Å². The van der Waals surface area contributed by atoms with Crippen LogP contribution in [0, 0.1) is 13.8 Å². The van der Waals surface area contributed by atoms with Crippen molar-refractivity contribution in [3.63, 3.8) is 0 Å². The van der Waals surface area contributed by atoms with Crippen molar-refractivity contribution < 1.29 is 4.79 Å². The fourth-order valence-electron chi connectivity index (χ4n) is 2.23. The minimum absolute atomic E-state index is 0.136. The smallest absolute Gasteiger partial charge is 0.255 e. The second-order valence-electron chi connectivity index (χ2n) is 4.76. The van der Waals surface area contributed by atoms with Gasteiger partial charge < -0.3 is 5.32 Å². The summed E-state index contributed by atoms with van der Waals surface area (Å²) in [6, 6.07) is 9.51. The Morgan fingerprint density at radius 1 is 1.35 bits per heavy atom. The first-order chi connectivity index (χ1) is 9.54. The van der Waals surface area contributed by atoms with Gasteiger partial charge in [0.25, 0.3) is 5.91 Å². The quantitative estimate of drug-likeness (QED) is 0.881. The first-order valence-electron chi connectivity index (χ1n) is 6.46. The lowest BCUT2D eigenvalue weighted by atomic mass is 10.1. The van der Waals surface area contributed by atoms with Gasteiger partial charge in [0.05, 0.1) is 17.3 Å². The van der Waals surface area contributed by atoms with Gasteiger partial charge in [-0.15, -0.1) is 11.6 Å². The van der Waals surface area contributed by atoms with E-state index in [1.54, 1.807) is 4.68 Å². The predicted octanol–water partition coefficient (Wildman–Crippen LogP) is 2.75. The average Bonchev–Trinajstić information content (AvgIpc) is 2.70. The molecule has 1 N–H and O–H groups in total. The highest BCUT2D eigenvalue weighted by molar-refractivity contribution is 6.18. The highest BCUT2D eigenvalue weighted by atomic mass is 35.5. The molecule has 1 amide bonds. The van der Waals surface area contributed by atoms with Crippen LogP contribution in [0.5, 0.6) is 0 Å². The molecule has 0 bridgehead atoms. The van der Waals surface area contributed by atoms with Gasteiger partial charge in [0, 0.05) is 18.6 Å². The number of alkyl halides is 1.